The molecule has 0 atom stereocenters. The molecule has 5 heteroatoms. The Morgan fingerprint density at radius 1 is 1.04 bits per heavy atom. The minimum absolute atomic E-state index is 0.0305. The van der Waals surface area contributed by atoms with E-state index >= 15 is 0 Å². The standard InChI is InChI=1S/C19H22FN3O/c1-15-4-2-3-5-16(15)14-21-19(24)23-12-10-22(11-13-23)18-8-6-17(20)7-9-18/h2-9H,10-14H2,1H3,(H,21,24). The summed E-state index contributed by atoms with van der Waals surface area (Å²) in [5.74, 6) is -0.229. The average Bonchev–Trinajstić information content (AvgIpc) is 2.62. The smallest absolute Gasteiger partial charge is 0.317 e. The number of hydrogen-bond acceptors (Lipinski definition) is 2. The van der Waals surface area contributed by atoms with Crippen LogP contribution in [0.4, 0.5) is 14.9 Å². The fourth-order valence-electron chi connectivity index (χ4n) is 2.91. The van der Waals surface area contributed by atoms with E-state index in [0.717, 1.165) is 24.3 Å². The number of rotatable bonds is 3. The van der Waals surface area contributed by atoms with Crippen molar-refractivity contribution in [2.24, 2.45) is 0 Å². The summed E-state index contributed by atoms with van der Waals surface area (Å²) in [7, 11) is 0. The van der Waals surface area contributed by atoms with Crippen LogP contribution >= 0.6 is 0 Å². The molecule has 0 aromatic heterocycles. The van der Waals surface area contributed by atoms with Crippen LogP contribution in [0.15, 0.2) is 48.5 Å². The molecule has 0 aliphatic carbocycles. The molecule has 1 aliphatic heterocycles. The fraction of sp³-hybridized carbons (Fsp3) is 0.316. The quantitative estimate of drug-likeness (QED) is 0.940. The lowest BCUT2D eigenvalue weighted by Crippen LogP contribution is -2.51. The summed E-state index contributed by atoms with van der Waals surface area (Å²) < 4.78 is 13.0. The first kappa shape index (κ1) is 16.3. The molecular formula is C19H22FN3O. The van der Waals surface area contributed by atoms with Crippen molar-refractivity contribution in [3.05, 3.63) is 65.5 Å². The summed E-state index contributed by atoms with van der Waals surface area (Å²) in [6.07, 6.45) is 0. The highest BCUT2D eigenvalue weighted by molar-refractivity contribution is 5.74. The van der Waals surface area contributed by atoms with Crippen LogP contribution in [0.2, 0.25) is 0 Å². The molecule has 24 heavy (non-hydrogen) atoms. The molecule has 1 aliphatic rings. The van der Waals surface area contributed by atoms with Gasteiger partial charge in [0, 0.05) is 38.4 Å². The zero-order valence-electron chi connectivity index (χ0n) is 13.8. The van der Waals surface area contributed by atoms with Crippen LogP contribution in [0, 0.1) is 12.7 Å². The first-order valence-electron chi connectivity index (χ1n) is 8.21. The number of hydrogen-bond donors (Lipinski definition) is 1. The SMILES string of the molecule is Cc1ccccc1CNC(=O)N1CCN(c2ccc(F)cc2)CC1. The Hall–Kier alpha value is -2.56. The maximum atomic E-state index is 13.0. The Balaban J connectivity index is 1.50. The first-order chi connectivity index (χ1) is 11.6. The third-order valence-corrected chi connectivity index (χ3v) is 4.45. The second-order valence-corrected chi connectivity index (χ2v) is 6.04. The summed E-state index contributed by atoms with van der Waals surface area (Å²) in [6.45, 7) is 5.42. The molecule has 1 N–H and O–H groups in total. The number of benzene rings is 2. The zero-order valence-corrected chi connectivity index (χ0v) is 13.8. The third kappa shape index (κ3) is 3.85. The van der Waals surface area contributed by atoms with Crippen molar-refractivity contribution in [2.75, 3.05) is 31.1 Å². The molecule has 0 unspecified atom stereocenters. The number of aryl methyl sites for hydroxylation is 1. The summed E-state index contributed by atoms with van der Waals surface area (Å²) in [6, 6.07) is 14.5. The van der Waals surface area contributed by atoms with Gasteiger partial charge < -0.3 is 15.1 Å². The molecule has 1 fully saturated rings. The average molecular weight is 327 g/mol. The van der Waals surface area contributed by atoms with Crippen molar-refractivity contribution in [2.45, 2.75) is 13.5 Å². The van der Waals surface area contributed by atoms with Gasteiger partial charge in [-0.3, -0.25) is 0 Å². The van der Waals surface area contributed by atoms with E-state index in [1.807, 2.05) is 36.1 Å². The van der Waals surface area contributed by atoms with Gasteiger partial charge in [0.2, 0.25) is 0 Å². The van der Waals surface area contributed by atoms with Gasteiger partial charge in [-0.05, 0) is 42.3 Å². The van der Waals surface area contributed by atoms with Crippen molar-refractivity contribution < 1.29 is 9.18 Å². The van der Waals surface area contributed by atoms with Crippen molar-refractivity contribution in [1.82, 2.24) is 10.2 Å². The highest BCUT2D eigenvalue weighted by Gasteiger charge is 2.21. The van der Waals surface area contributed by atoms with Gasteiger partial charge in [0.1, 0.15) is 5.82 Å². The lowest BCUT2D eigenvalue weighted by molar-refractivity contribution is 0.194. The van der Waals surface area contributed by atoms with E-state index in [1.165, 1.54) is 17.7 Å². The van der Waals surface area contributed by atoms with E-state index in [9.17, 15) is 9.18 Å². The highest BCUT2D eigenvalue weighted by Crippen LogP contribution is 2.17. The van der Waals surface area contributed by atoms with E-state index in [1.54, 1.807) is 12.1 Å². The predicted molar refractivity (Wildman–Crippen MR) is 93.6 cm³/mol. The van der Waals surface area contributed by atoms with Crippen LogP contribution in [-0.4, -0.2) is 37.1 Å². The highest BCUT2D eigenvalue weighted by atomic mass is 19.1. The number of nitrogens with one attached hydrogen (secondary N) is 1. The summed E-state index contributed by atoms with van der Waals surface area (Å²) in [4.78, 5) is 16.3. The van der Waals surface area contributed by atoms with Gasteiger partial charge >= 0.3 is 6.03 Å². The first-order valence-corrected chi connectivity index (χ1v) is 8.21. The van der Waals surface area contributed by atoms with Gasteiger partial charge in [0.05, 0.1) is 0 Å². The van der Waals surface area contributed by atoms with Crippen molar-refractivity contribution in [3.63, 3.8) is 0 Å². The van der Waals surface area contributed by atoms with Gasteiger partial charge in [0.25, 0.3) is 0 Å². The molecule has 1 heterocycles. The molecule has 1 saturated heterocycles. The molecular weight excluding hydrogens is 305 g/mol. The van der Waals surface area contributed by atoms with Crippen molar-refractivity contribution >= 4 is 11.7 Å². The number of anilines is 1. The van der Waals surface area contributed by atoms with Crippen LogP contribution < -0.4 is 10.2 Å². The van der Waals surface area contributed by atoms with Gasteiger partial charge in [-0.25, -0.2) is 9.18 Å². The van der Waals surface area contributed by atoms with E-state index in [-0.39, 0.29) is 11.8 Å². The molecule has 126 valence electrons. The maximum absolute atomic E-state index is 13.0. The number of carbonyl (C=O) groups excluding carboxylic acids is 1. The Kier molecular flexibility index (Phi) is 4.99. The van der Waals surface area contributed by atoms with E-state index in [4.69, 9.17) is 0 Å². The molecule has 0 bridgehead atoms. The van der Waals surface area contributed by atoms with Gasteiger partial charge in [-0.15, -0.1) is 0 Å². The summed E-state index contributed by atoms with van der Waals surface area (Å²) in [5.41, 5.74) is 3.31. The lowest BCUT2D eigenvalue weighted by Gasteiger charge is -2.36. The van der Waals surface area contributed by atoms with Gasteiger partial charge in [-0.2, -0.15) is 0 Å². The molecule has 2 amide bonds. The van der Waals surface area contributed by atoms with Crippen LogP contribution in [0.5, 0.6) is 0 Å². The molecule has 3 rings (SSSR count). The number of carbonyl (C=O) groups is 1. The minimum Gasteiger partial charge on any atom is -0.368 e. The van der Waals surface area contributed by atoms with E-state index < -0.39 is 0 Å². The van der Waals surface area contributed by atoms with Crippen LogP contribution in [-0.2, 0) is 6.54 Å². The zero-order chi connectivity index (χ0) is 16.9. The largest absolute Gasteiger partial charge is 0.368 e. The summed E-state index contributed by atoms with van der Waals surface area (Å²) >= 11 is 0. The Morgan fingerprint density at radius 2 is 1.71 bits per heavy atom. The van der Waals surface area contributed by atoms with Crippen molar-refractivity contribution in [3.8, 4) is 0 Å². The van der Waals surface area contributed by atoms with Gasteiger partial charge in [0.15, 0.2) is 0 Å². The summed E-state index contributed by atoms with van der Waals surface area (Å²) in [5, 5.41) is 2.99. The second kappa shape index (κ2) is 7.34. The monoisotopic (exact) mass is 327 g/mol. The molecule has 2 aromatic carbocycles. The minimum atomic E-state index is -0.229. The van der Waals surface area contributed by atoms with E-state index in [0.29, 0.717) is 19.6 Å². The molecule has 0 saturated carbocycles. The normalized spacial score (nSPS) is 14.6. The number of urea groups is 1. The number of halogens is 1. The Labute approximate surface area is 141 Å². The van der Waals surface area contributed by atoms with Crippen molar-refractivity contribution in [1.29, 1.82) is 0 Å². The molecule has 4 nitrogen and oxygen atoms in total. The second-order valence-electron chi connectivity index (χ2n) is 6.04. The Bertz CT molecular complexity index is 694. The third-order valence-electron chi connectivity index (χ3n) is 4.45. The molecule has 0 spiro atoms. The van der Waals surface area contributed by atoms with Crippen LogP contribution in [0.3, 0.4) is 0 Å². The maximum Gasteiger partial charge on any atom is 0.317 e. The Morgan fingerprint density at radius 3 is 2.38 bits per heavy atom. The lowest BCUT2D eigenvalue weighted by atomic mass is 10.1. The molecule has 2 aromatic rings. The fourth-order valence-corrected chi connectivity index (χ4v) is 2.91. The van der Waals surface area contributed by atoms with Crippen LogP contribution in [0.25, 0.3) is 0 Å². The van der Waals surface area contributed by atoms with E-state index in [2.05, 4.69) is 10.2 Å². The number of amides is 2. The molecule has 0 radical (unpaired) electrons. The van der Waals surface area contributed by atoms with Gasteiger partial charge in [-0.1, -0.05) is 24.3 Å². The van der Waals surface area contributed by atoms with Crippen LogP contribution in [0.1, 0.15) is 11.1 Å². The topological polar surface area (TPSA) is 35.6 Å². The number of piperazine rings is 1. The predicted octanol–water partition coefficient (Wildman–Crippen LogP) is 3.17. The number of nitrogens with zero attached hydrogens (tertiary/aromatic N) is 2.